The molecular formula is C20H28N2O. The molecule has 124 valence electrons. The zero-order chi connectivity index (χ0) is 16.9. The van der Waals surface area contributed by atoms with Crippen molar-refractivity contribution < 1.29 is 5.11 Å². The highest BCUT2D eigenvalue weighted by Gasteiger charge is 2.24. The Labute approximate surface area is 140 Å². The second kappa shape index (κ2) is 7.71. The van der Waals surface area contributed by atoms with Gasteiger partial charge in [-0.15, -0.1) is 0 Å². The molecule has 1 unspecified atom stereocenters. The monoisotopic (exact) mass is 312 g/mol. The Kier molecular flexibility index (Phi) is 5.91. The number of hydrogen-bond acceptors (Lipinski definition) is 3. The minimum atomic E-state index is -0.424. The fraction of sp³-hybridized carbons (Fsp3) is 0.450. The van der Waals surface area contributed by atoms with Crippen molar-refractivity contribution in [3.63, 3.8) is 0 Å². The molecule has 0 saturated carbocycles. The maximum atomic E-state index is 10.5. The molecule has 1 atom stereocenters. The van der Waals surface area contributed by atoms with Crippen molar-refractivity contribution in [1.29, 1.82) is 0 Å². The number of β-amino-alcohol motifs (C(OH)–C–C–N with tert-alkyl or cyclic N) is 1. The number of nitrogens with zero attached hydrogens (tertiary/aromatic N) is 2. The van der Waals surface area contributed by atoms with Crippen molar-refractivity contribution in [2.24, 2.45) is 0 Å². The molecular weight excluding hydrogens is 284 g/mol. The van der Waals surface area contributed by atoms with Crippen molar-refractivity contribution in [3.8, 4) is 0 Å². The average molecular weight is 312 g/mol. The van der Waals surface area contributed by atoms with Gasteiger partial charge in [-0.1, -0.05) is 36.4 Å². The fourth-order valence-electron chi connectivity index (χ4n) is 2.65. The van der Waals surface area contributed by atoms with Gasteiger partial charge in [-0.3, -0.25) is 9.88 Å². The smallest absolute Gasteiger partial charge is 0.0722 e. The van der Waals surface area contributed by atoms with Crippen LogP contribution in [-0.2, 0) is 13.0 Å². The molecule has 0 aliphatic rings. The van der Waals surface area contributed by atoms with E-state index in [9.17, 15) is 5.11 Å². The molecule has 2 rings (SSSR count). The summed E-state index contributed by atoms with van der Waals surface area (Å²) in [6.07, 6.45) is 0.163. The predicted octanol–water partition coefficient (Wildman–Crippen LogP) is 3.59. The van der Waals surface area contributed by atoms with Crippen LogP contribution in [0.4, 0.5) is 0 Å². The highest BCUT2D eigenvalue weighted by Crippen LogP contribution is 2.18. The van der Waals surface area contributed by atoms with Crippen LogP contribution >= 0.6 is 0 Å². The first-order chi connectivity index (χ1) is 10.8. The van der Waals surface area contributed by atoms with E-state index in [0.717, 1.165) is 17.9 Å². The van der Waals surface area contributed by atoms with E-state index in [1.54, 1.807) is 0 Å². The molecule has 1 N–H and O–H groups in total. The molecule has 3 heteroatoms. The molecule has 3 nitrogen and oxygen atoms in total. The lowest BCUT2D eigenvalue weighted by Gasteiger charge is -2.37. The van der Waals surface area contributed by atoms with Gasteiger partial charge in [0.05, 0.1) is 6.10 Å². The molecule has 0 amide bonds. The summed E-state index contributed by atoms with van der Waals surface area (Å²) < 4.78 is 0. The Morgan fingerprint density at radius 1 is 1.04 bits per heavy atom. The summed E-state index contributed by atoms with van der Waals surface area (Å²) in [5, 5.41) is 10.5. The molecule has 0 aliphatic heterocycles. The second-order valence-corrected chi connectivity index (χ2v) is 7.17. The van der Waals surface area contributed by atoms with Gasteiger partial charge in [-0.05, 0) is 45.4 Å². The van der Waals surface area contributed by atoms with Crippen LogP contribution in [-0.4, -0.2) is 33.2 Å². The zero-order valence-corrected chi connectivity index (χ0v) is 14.7. The molecule has 1 heterocycles. The maximum absolute atomic E-state index is 10.5. The first-order valence-electron chi connectivity index (χ1n) is 8.24. The minimum absolute atomic E-state index is 0.00312. The van der Waals surface area contributed by atoms with Crippen LogP contribution in [0.3, 0.4) is 0 Å². The lowest BCUT2D eigenvalue weighted by atomic mass is 10.0. The molecule has 0 aliphatic carbocycles. The van der Waals surface area contributed by atoms with Gasteiger partial charge in [0, 0.05) is 36.4 Å². The highest BCUT2D eigenvalue weighted by molar-refractivity contribution is 5.15. The first kappa shape index (κ1) is 17.6. The molecule has 0 saturated heterocycles. The SMILES string of the molecule is Cc1cccc(CC(O)CN(Cc2ccccc2)C(C)(C)C)n1. The number of benzene rings is 1. The van der Waals surface area contributed by atoms with E-state index in [0.29, 0.717) is 13.0 Å². The fourth-order valence-corrected chi connectivity index (χ4v) is 2.65. The predicted molar refractivity (Wildman–Crippen MR) is 95.3 cm³/mol. The minimum Gasteiger partial charge on any atom is -0.391 e. The van der Waals surface area contributed by atoms with E-state index < -0.39 is 6.10 Å². The van der Waals surface area contributed by atoms with Crippen LogP contribution < -0.4 is 0 Å². The van der Waals surface area contributed by atoms with E-state index in [-0.39, 0.29) is 5.54 Å². The van der Waals surface area contributed by atoms with Gasteiger partial charge in [-0.25, -0.2) is 0 Å². The van der Waals surface area contributed by atoms with E-state index in [4.69, 9.17) is 0 Å². The van der Waals surface area contributed by atoms with Gasteiger partial charge in [0.25, 0.3) is 0 Å². The third-order valence-electron chi connectivity index (χ3n) is 3.99. The zero-order valence-electron chi connectivity index (χ0n) is 14.7. The summed E-state index contributed by atoms with van der Waals surface area (Å²) in [6, 6.07) is 16.4. The molecule has 0 bridgehead atoms. The molecule has 1 aromatic carbocycles. The largest absolute Gasteiger partial charge is 0.391 e. The third-order valence-corrected chi connectivity index (χ3v) is 3.99. The Bertz CT molecular complexity index is 605. The van der Waals surface area contributed by atoms with Gasteiger partial charge in [-0.2, -0.15) is 0 Å². The van der Waals surface area contributed by atoms with Crippen LogP contribution in [0.25, 0.3) is 0 Å². The van der Waals surface area contributed by atoms with Gasteiger partial charge in [0.2, 0.25) is 0 Å². The van der Waals surface area contributed by atoms with E-state index in [1.807, 2.05) is 31.2 Å². The summed E-state index contributed by atoms with van der Waals surface area (Å²) in [6.45, 7) is 10.0. The average Bonchev–Trinajstić information content (AvgIpc) is 2.46. The van der Waals surface area contributed by atoms with E-state index in [1.165, 1.54) is 5.56 Å². The van der Waals surface area contributed by atoms with Gasteiger partial charge in [0.15, 0.2) is 0 Å². The maximum Gasteiger partial charge on any atom is 0.0722 e. The van der Waals surface area contributed by atoms with E-state index in [2.05, 4.69) is 54.9 Å². The number of aromatic nitrogens is 1. The molecule has 23 heavy (non-hydrogen) atoms. The molecule has 0 fully saturated rings. The van der Waals surface area contributed by atoms with Crippen LogP contribution in [0.2, 0.25) is 0 Å². The number of rotatable bonds is 6. The lowest BCUT2D eigenvalue weighted by molar-refractivity contribution is 0.0525. The van der Waals surface area contributed by atoms with E-state index >= 15 is 0 Å². The van der Waals surface area contributed by atoms with Crippen molar-refractivity contribution in [2.75, 3.05) is 6.54 Å². The highest BCUT2D eigenvalue weighted by atomic mass is 16.3. The quantitative estimate of drug-likeness (QED) is 0.885. The Morgan fingerprint density at radius 2 is 1.74 bits per heavy atom. The number of aryl methyl sites for hydroxylation is 1. The van der Waals surface area contributed by atoms with Gasteiger partial charge in [0.1, 0.15) is 0 Å². The van der Waals surface area contributed by atoms with Crippen LogP contribution in [0.5, 0.6) is 0 Å². The standard InChI is InChI=1S/C20H28N2O/c1-16-9-8-12-18(21-16)13-19(23)15-22(20(2,3)4)14-17-10-6-5-7-11-17/h5-12,19,23H,13-15H2,1-4H3. The van der Waals surface area contributed by atoms with Gasteiger partial charge < -0.3 is 5.11 Å². The van der Waals surface area contributed by atoms with Crippen molar-refractivity contribution in [2.45, 2.75) is 52.3 Å². The summed E-state index contributed by atoms with van der Waals surface area (Å²) in [5.41, 5.74) is 3.21. The van der Waals surface area contributed by atoms with Crippen LogP contribution in [0.1, 0.15) is 37.7 Å². The van der Waals surface area contributed by atoms with Crippen molar-refractivity contribution >= 4 is 0 Å². The summed E-state index contributed by atoms with van der Waals surface area (Å²) in [4.78, 5) is 6.81. The number of hydrogen-bond donors (Lipinski definition) is 1. The number of pyridine rings is 1. The Morgan fingerprint density at radius 3 is 2.35 bits per heavy atom. The Hall–Kier alpha value is -1.71. The number of aliphatic hydroxyl groups is 1. The molecule has 1 aromatic heterocycles. The van der Waals surface area contributed by atoms with Crippen molar-refractivity contribution in [1.82, 2.24) is 9.88 Å². The normalized spacial score (nSPS) is 13.3. The third kappa shape index (κ3) is 5.77. The van der Waals surface area contributed by atoms with Crippen LogP contribution in [0.15, 0.2) is 48.5 Å². The Balaban J connectivity index is 2.02. The second-order valence-electron chi connectivity index (χ2n) is 7.17. The summed E-state index contributed by atoms with van der Waals surface area (Å²) >= 11 is 0. The first-order valence-corrected chi connectivity index (χ1v) is 8.24. The molecule has 2 aromatic rings. The molecule has 0 radical (unpaired) electrons. The van der Waals surface area contributed by atoms with Crippen molar-refractivity contribution in [3.05, 3.63) is 65.5 Å². The summed E-state index contributed by atoms with van der Waals surface area (Å²) in [5.74, 6) is 0. The number of aliphatic hydroxyl groups excluding tert-OH is 1. The van der Waals surface area contributed by atoms with Crippen LogP contribution in [0, 0.1) is 6.92 Å². The summed E-state index contributed by atoms with van der Waals surface area (Å²) in [7, 11) is 0. The topological polar surface area (TPSA) is 36.4 Å². The van der Waals surface area contributed by atoms with Gasteiger partial charge >= 0.3 is 0 Å². The lowest BCUT2D eigenvalue weighted by Crippen LogP contribution is -2.45. The molecule has 0 spiro atoms.